The number of nitrogens with zero attached hydrogens (tertiary/aromatic N) is 1. The molecule has 0 aliphatic carbocycles. The summed E-state index contributed by atoms with van der Waals surface area (Å²) in [6.07, 6.45) is 1.23. The van der Waals surface area contributed by atoms with Crippen molar-refractivity contribution in [2.75, 3.05) is 13.1 Å². The fourth-order valence-electron chi connectivity index (χ4n) is 3.69. The third kappa shape index (κ3) is 5.59. The standard InChI is InChI=1S/C23H34BClN2O5/c1-21(2,3)30-20(29)27-12-8-9-16(14-27)26-19(28)15-10-11-18(25)17(13-15)24-31-22(4,5)23(6,7)32-24/h10-11,13,16H,8-9,12,14H2,1-7H3,(H,26,28)/t16-/m0/s1. The van der Waals surface area contributed by atoms with Crippen LogP contribution in [0.3, 0.4) is 0 Å². The van der Waals surface area contributed by atoms with Gasteiger partial charge >= 0.3 is 13.2 Å². The van der Waals surface area contributed by atoms with Crippen molar-refractivity contribution in [3.8, 4) is 0 Å². The fraction of sp³-hybridized carbons (Fsp3) is 0.652. The van der Waals surface area contributed by atoms with Gasteiger partial charge < -0.3 is 24.3 Å². The molecule has 1 aromatic rings. The van der Waals surface area contributed by atoms with Crippen molar-refractivity contribution in [2.24, 2.45) is 0 Å². The summed E-state index contributed by atoms with van der Waals surface area (Å²) in [7, 11) is -0.655. The van der Waals surface area contributed by atoms with E-state index in [0.29, 0.717) is 29.1 Å². The van der Waals surface area contributed by atoms with Crippen molar-refractivity contribution < 1.29 is 23.6 Å². The average molecular weight is 465 g/mol. The van der Waals surface area contributed by atoms with Crippen molar-refractivity contribution >= 4 is 36.2 Å². The highest BCUT2D eigenvalue weighted by Gasteiger charge is 2.52. The summed E-state index contributed by atoms with van der Waals surface area (Å²) in [6, 6.07) is 4.93. The van der Waals surface area contributed by atoms with Crippen molar-refractivity contribution in [1.29, 1.82) is 0 Å². The summed E-state index contributed by atoms with van der Waals surface area (Å²) in [6.45, 7) is 14.4. The molecule has 2 fully saturated rings. The van der Waals surface area contributed by atoms with Gasteiger partial charge in [-0.3, -0.25) is 4.79 Å². The molecule has 2 aliphatic heterocycles. The zero-order valence-electron chi connectivity index (χ0n) is 20.1. The van der Waals surface area contributed by atoms with Crippen LogP contribution in [-0.2, 0) is 14.0 Å². The van der Waals surface area contributed by atoms with E-state index in [9.17, 15) is 9.59 Å². The molecular formula is C23H34BClN2O5. The molecule has 0 spiro atoms. The first-order chi connectivity index (χ1) is 14.7. The van der Waals surface area contributed by atoms with E-state index in [1.165, 1.54) is 0 Å². The van der Waals surface area contributed by atoms with E-state index in [-0.39, 0.29) is 18.0 Å². The lowest BCUT2D eigenvalue weighted by Crippen LogP contribution is -2.50. The van der Waals surface area contributed by atoms with Crippen LogP contribution in [0.25, 0.3) is 0 Å². The molecule has 1 aromatic carbocycles. The number of likely N-dealkylation sites (tertiary alicyclic amines) is 1. The maximum absolute atomic E-state index is 13.0. The van der Waals surface area contributed by atoms with E-state index in [4.69, 9.17) is 25.6 Å². The van der Waals surface area contributed by atoms with Crippen LogP contribution < -0.4 is 10.8 Å². The SMILES string of the molecule is CC(C)(C)OC(=O)N1CCC[C@H](NC(=O)c2ccc(Cl)c(B3OC(C)(C)C(C)(C)O3)c2)C1. The minimum absolute atomic E-state index is 0.153. The smallest absolute Gasteiger partial charge is 0.444 e. The van der Waals surface area contributed by atoms with Crippen molar-refractivity contribution in [3.05, 3.63) is 28.8 Å². The molecule has 3 rings (SSSR count). The van der Waals surface area contributed by atoms with Crippen LogP contribution in [-0.4, -0.2) is 60.0 Å². The number of benzene rings is 1. The molecular weight excluding hydrogens is 431 g/mol. The monoisotopic (exact) mass is 464 g/mol. The molecule has 2 heterocycles. The summed E-state index contributed by atoms with van der Waals surface area (Å²) >= 11 is 6.42. The highest BCUT2D eigenvalue weighted by atomic mass is 35.5. The first-order valence-electron chi connectivity index (χ1n) is 11.1. The molecule has 1 N–H and O–H groups in total. The van der Waals surface area contributed by atoms with Crippen LogP contribution in [0.2, 0.25) is 5.02 Å². The van der Waals surface area contributed by atoms with E-state index in [0.717, 1.165) is 12.8 Å². The van der Waals surface area contributed by atoms with Crippen LogP contribution >= 0.6 is 11.6 Å². The predicted molar refractivity (Wildman–Crippen MR) is 125 cm³/mol. The molecule has 176 valence electrons. The first-order valence-corrected chi connectivity index (χ1v) is 11.5. The molecule has 2 saturated heterocycles. The Bertz CT molecular complexity index is 868. The molecule has 1 atom stereocenters. The number of nitrogens with one attached hydrogen (secondary N) is 1. The third-order valence-electron chi connectivity index (χ3n) is 6.17. The van der Waals surface area contributed by atoms with Crippen molar-refractivity contribution in [1.82, 2.24) is 10.2 Å². The van der Waals surface area contributed by atoms with Crippen molar-refractivity contribution in [2.45, 2.75) is 84.2 Å². The van der Waals surface area contributed by atoms with Crippen LogP contribution in [0, 0.1) is 0 Å². The van der Waals surface area contributed by atoms with Gasteiger partial charge in [0.2, 0.25) is 0 Å². The Morgan fingerprint density at radius 2 is 1.81 bits per heavy atom. The molecule has 9 heteroatoms. The Balaban J connectivity index is 1.68. The second kappa shape index (κ2) is 8.88. The average Bonchev–Trinajstić information content (AvgIpc) is 2.88. The summed E-state index contributed by atoms with van der Waals surface area (Å²) in [4.78, 5) is 27.0. The van der Waals surface area contributed by atoms with Crippen LogP contribution in [0.4, 0.5) is 4.79 Å². The van der Waals surface area contributed by atoms with Gasteiger partial charge in [0.1, 0.15) is 5.60 Å². The number of carbonyl (C=O) groups excluding carboxylic acids is 2. The minimum atomic E-state index is -0.655. The predicted octanol–water partition coefficient (Wildman–Crippen LogP) is 3.77. The number of rotatable bonds is 3. The molecule has 0 bridgehead atoms. The lowest BCUT2D eigenvalue weighted by atomic mass is 9.78. The number of ether oxygens (including phenoxy) is 1. The fourth-order valence-corrected chi connectivity index (χ4v) is 3.90. The van der Waals surface area contributed by atoms with Crippen LogP contribution in [0.15, 0.2) is 18.2 Å². The van der Waals surface area contributed by atoms with Gasteiger partial charge in [-0.15, -0.1) is 0 Å². The van der Waals surface area contributed by atoms with Gasteiger partial charge in [0.25, 0.3) is 5.91 Å². The van der Waals surface area contributed by atoms with Crippen molar-refractivity contribution in [3.63, 3.8) is 0 Å². The summed E-state index contributed by atoms with van der Waals surface area (Å²) in [5, 5.41) is 3.52. The number of amides is 2. The van der Waals surface area contributed by atoms with E-state index >= 15 is 0 Å². The molecule has 0 aromatic heterocycles. The van der Waals surface area contributed by atoms with Crippen LogP contribution in [0.5, 0.6) is 0 Å². The van der Waals surface area contributed by atoms with E-state index < -0.39 is 23.9 Å². The van der Waals surface area contributed by atoms with Gasteiger partial charge in [0, 0.05) is 35.2 Å². The summed E-state index contributed by atoms with van der Waals surface area (Å²) < 4.78 is 17.7. The van der Waals surface area contributed by atoms with Gasteiger partial charge in [0.15, 0.2) is 0 Å². The number of hydrogen-bond donors (Lipinski definition) is 1. The van der Waals surface area contributed by atoms with Gasteiger partial charge in [-0.1, -0.05) is 11.6 Å². The Kier molecular flexibility index (Phi) is 6.90. The van der Waals surface area contributed by atoms with E-state index in [1.807, 2.05) is 48.5 Å². The third-order valence-corrected chi connectivity index (χ3v) is 6.52. The lowest BCUT2D eigenvalue weighted by molar-refractivity contribution is 0.00578. The maximum Gasteiger partial charge on any atom is 0.496 e. The maximum atomic E-state index is 13.0. The van der Waals surface area contributed by atoms with Gasteiger partial charge in [-0.05, 0) is 79.5 Å². The molecule has 0 unspecified atom stereocenters. The highest BCUT2D eigenvalue weighted by Crippen LogP contribution is 2.37. The van der Waals surface area contributed by atoms with E-state index in [1.54, 1.807) is 23.1 Å². The Labute approximate surface area is 196 Å². The quantitative estimate of drug-likeness (QED) is 0.689. The van der Waals surface area contributed by atoms with Gasteiger partial charge in [0.05, 0.1) is 11.2 Å². The topological polar surface area (TPSA) is 77.1 Å². The lowest BCUT2D eigenvalue weighted by Gasteiger charge is -2.34. The zero-order chi connectivity index (χ0) is 23.9. The molecule has 2 aliphatic rings. The summed E-state index contributed by atoms with van der Waals surface area (Å²) in [5.74, 6) is -0.226. The number of hydrogen-bond acceptors (Lipinski definition) is 5. The molecule has 7 nitrogen and oxygen atoms in total. The number of carbonyl (C=O) groups is 2. The van der Waals surface area contributed by atoms with Crippen LogP contribution in [0.1, 0.15) is 71.7 Å². The Morgan fingerprint density at radius 1 is 1.19 bits per heavy atom. The number of piperidine rings is 1. The normalized spacial score (nSPS) is 22.6. The molecule has 32 heavy (non-hydrogen) atoms. The van der Waals surface area contributed by atoms with Gasteiger partial charge in [-0.2, -0.15) is 0 Å². The Morgan fingerprint density at radius 3 is 2.41 bits per heavy atom. The zero-order valence-corrected chi connectivity index (χ0v) is 20.8. The second-order valence-corrected chi connectivity index (χ2v) is 11.0. The minimum Gasteiger partial charge on any atom is -0.444 e. The highest BCUT2D eigenvalue weighted by molar-refractivity contribution is 6.65. The first kappa shape index (κ1) is 24.9. The largest absolute Gasteiger partial charge is 0.496 e. The van der Waals surface area contributed by atoms with E-state index in [2.05, 4.69) is 5.32 Å². The Hall–Kier alpha value is -1.77. The summed E-state index contributed by atoms with van der Waals surface area (Å²) in [5.41, 5.74) is -0.482. The molecule has 0 saturated carbocycles. The number of halogens is 1. The molecule has 0 radical (unpaired) electrons. The molecule has 2 amide bonds. The second-order valence-electron chi connectivity index (χ2n) is 10.6. The van der Waals surface area contributed by atoms with Gasteiger partial charge in [-0.25, -0.2) is 4.79 Å².